The average Bonchev–Trinajstić information content (AvgIpc) is 3.77. The van der Waals surface area contributed by atoms with Crippen molar-refractivity contribution in [2.75, 3.05) is 54.6 Å². The maximum absolute atomic E-state index is 15.5. The van der Waals surface area contributed by atoms with E-state index in [1.165, 1.54) is 28.0 Å². The predicted molar refractivity (Wildman–Crippen MR) is 223 cm³/mol. The Bertz CT molecular complexity index is 2390. The number of carbonyl (C=O) groups is 5. The summed E-state index contributed by atoms with van der Waals surface area (Å²) >= 11 is 1.20. The fourth-order valence-electron chi connectivity index (χ4n) is 8.10. The minimum atomic E-state index is -1.27. The highest BCUT2D eigenvalue weighted by Gasteiger charge is 2.44. The van der Waals surface area contributed by atoms with Gasteiger partial charge < -0.3 is 33.9 Å². The number of rotatable bonds is 15. The molecule has 3 aliphatic heterocycles. The molecule has 0 spiro atoms. The van der Waals surface area contributed by atoms with Gasteiger partial charge in [0.25, 0.3) is 23.3 Å². The van der Waals surface area contributed by atoms with Gasteiger partial charge in [-0.2, -0.15) is 0 Å². The molecular formula is C43H49FN6O9S. The smallest absolute Gasteiger partial charge is 0.262 e. The number of fused-ring (bicyclic) bond motifs is 2. The van der Waals surface area contributed by atoms with Crippen LogP contribution in [0.5, 0.6) is 17.2 Å². The van der Waals surface area contributed by atoms with Crippen molar-refractivity contribution < 1.29 is 42.6 Å². The molecule has 4 aromatic rings. The van der Waals surface area contributed by atoms with Gasteiger partial charge in [-0.25, -0.2) is 4.39 Å². The predicted octanol–water partition coefficient (Wildman–Crippen LogP) is 4.14. The van der Waals surface area contributed by atoms with Gasteiger partial charge in [-0.05, 0) is 94.7 Å². The molecule has 2 aromatic heterocycles. The standard InChI is InChI=1S/C43H49FN6O9S/c1-47(2)21-30-34(57-4)17-24(18-35(30)58-5)29-22-48(3)41(54)28-20-36(60-38(28)29)40(53)45-32-13-15-49(23-31(32)44)14-7-6-8-16-59-25-9-10-26-27(19-25)43(56)50(42(26)55)33-11-12-37(51)46-39(33)52/h9-10,17-20,22,31-33H,6-8,11-16,21,23H2,1-5H3,(H,45,53)(H,46,51,52). The van der Waals surface area contributed by atoms with Crippen molar-refractivity contribution in [3.63, 3.8) is 0 Å². The minimum absolute atomic E-state index is 0.0477. The number of thiophene rings is 1. The summed E-state index contributed by atoms with van der Waals surface area (Å²) in [6.07, 6.45) is 3.37. The molecule has 0 radical (unpaired) electrons. The summed E-state index contributed by atoms with van der Waals surface area (Å²) in [7, 11) is 8.77. The first kappa shape index (κ1) is 42.5. The van der Waals surface area contributed by atoms with Crippen molar-refractivity contribution in [2.24, 2.45) is 7.05 Å². The van der Waals surface area contributed by atoms with E-state index < -0.39 is 47.8 Å². The Morgan fingerprint density at radius 1 is 0.950 bits per heavy atom. The average molecular weight is 845 g/mol. The lowest BCUT2D eigenvalue weighted by Gasteiger charge is -2.35. The molecule has 5 heterocycles. The molecule has 3 atom stereocenters. The summed E-state index contributed by atoms with van der Waals surface area (Å²) in [6.45, 7) is 2.44. The number of carbonyl (C=O) groups excluding carboxylic acids is 5. The highest BCUT2D eigenvalue weighted by atomic mass is 32.1. The molecule has 3 aliphatic rings. The van der Waals surface area contributed by atoms with Gasteiger partial charge in [0.15, 0.2) is 0 Å². The van der Waals surface area contributed by atoms with E-state index in [1.807, 2.05) is 36.0 Å². The summed E-state index contributed by atoms with van der Waals surface area (Å²) < 4.78 is 35.0. The number of ether oxygens (including phenoxy) is 3. The molecule has 7 rings (SSSR count). The van der Waals surface area contributed by atoms with Crippen LogP contribution in [0.25, 0.3) is 21.2 Å². The quantitative estimate of drug-likeness (QED) is 0.130. The van der Waals surface area contributed by atoms with Crippen molar-refractivity contribution >= 4 is 51.0 Å². The van der Waals surface area contributed by atoms with Crippen molar-refractivity contribution in [3.8, 4) is 28.4 Å². The van der Waals surface area contributed by atoms with Gasteiger partial charge in [0.2, 0.25) is 11.8 Å². The molecule has 318 valence electrons. The molecule has 0 saturated carbocycles. The summed E-state index contributed by atoms with van der Waals surface area (Å²) in [5, 5.41) is 5.48. The number of likely N-dealkylation sites (tertiary alicyclic amines) is 1. The molecule has 60 heavy (non-hydrogen) atoms. The number of piperidine rings is 2. The number of methoxy groups -OCH3 is 2. The molecule has 5 amide bonds. The van der Waals surface area contributed by atoms with Gasteiger partial charge >= 0.3 is 0 Å². The van der Waals surface area contributed by atoms with E-state index in [-0.39, 0.29) is 36.1 Å². The van der Waals surface area contributed by atoms with E-state index in [2.05, 4.69) is 10.6 Å². The van der Waals surface area contributed by atoms with Crippen LogP contribution >= 0.6 is 11.3 Å². The SMILES string of the molecule is COc1cc(-c2cn(C)c(=O)c3cc(C(=O)NC4CCN(CCCCCOc5ccc6c(c5)C(=O)N(C5CCC(=O)NC5=O)C6=O)CC4F)sc23)cc(OC)c1CN(C)C. The van der Waals surface area contributed by atoms with E-state index in [1.54, 1.807) is 39.6 Å². The molecular weight excluding hydrogens is 796 g/mol. The first-order valence-electron chi connectivity index (χ1n) is 20.0. The number of aryl methyl sites for hydroxylation is 1. The van der Waals surface area contributed by atoms with Crippen molar-refractivity contribution in [3.05, 3.63) is 74.5 Å². The number of nitrogens with zero attached hydrogens (tertiary/aromatic N) is 4. The van der Waals surface area contributed by atoms with Crippen LogP contribution in [-0.2, 0) is 23.2 Å². The Kier molecular flexibility index (Phi) is 12.7. The van der Waals surface area contributed by atoms with Gasteiger partial charge in [0.1, 0.15) is 29.5 Å². The van der Waals surface area contributed by atoms with Gasteiger partial charge in [0.05, 0.1) is 53.8 Å². The third-order valence-electron chi connectivity index (χ3n) is 11.2. The first-order valence-corrected chi connectivity index (χ1v) is 20.8. The van der Waals surface area contributed by atoms with Gasteiger partial charge in [0, 0.05) is 49.6 Å². The maximum atomic E-state index is 15.5. The number of unbranched alkanes of at least 4 members (excludes halogenated alkanes) is 2. The molecule has 2 fully saturated rings. The maximum Gasteiger partial charge on any atom is 0.262 e. The van der Waals surface area contributed by atoms with E-state index in [4.69, 9.17) is 14.2 Å². The van der Waals surface area contributed by atoms with Crippen molar-refractivity contribution in [2.45, 2.75) is 63.3 Å². The van der Waals surface area contributed by atoms with Crippen LogP contribution in [0, 0.1) is 0 Å². The van der Waals surface area contributed by atoms with Crippen LogP contribution in [-0.4, -0.2) is 122 Å². The van der Waals surface area contributed by atoms with Crippen LogP contribution in [0.15, 0.2) is 47.4 Å². The number of hydrogen-bond donors (Lipinski definition) is 2. The number of hydrogen-bond acceptors (Lipinski definition) is 12. The molecule has 17 heteroatoms. The Balaban J connectivity index is 0.894. The van der Waals surface area contributed by atoms with Crippen LogP contribution in [0.2, 0.25) is 0 Å². The van der Waals surface area contributed by atoms with E-state index in [0.717, 1.165) is 34.4 Å². The first-order chi connectivity index (χ1) is 28.8. The number of amides is 5. The second kappa shape index (κ2) is 17.9. The minimum Gasteiger partial charge on any atom is -0.496 e. The molecule has 2 saturated heterocycles. The topological polar surface area (TPSA) is 169 Å². The zero-order valence-corrected chi connectivity index (χ0v) is 35.1. The van der Waals surface area contributed by atoms with E-state index in [0.29, 0.717) is 71.3 Å². The summed E-state index contributed by atoms with van der Waals surface area (Å²) in [5.41, 5.74) is 2.50. The molecule has 15 nitrogen and oxygen atoms in total. The second-order valence-electron chi connectivity index (χ2n) is 15.7. The van der Waals surface area contributed by atoms with Crippen molar-refractivity contribution in [1.82, 2.24) is 29.9 Å². The van der Waals surface area contributed by atoms with Gasteiger partial charge in [-0.1, -0.05) is 0 Å². The Hall–Kier alpha value is -5.65. The van der Waals surface area contributed by atoms with Crippen molar-refractivity contribution in [1.29, 1.82) is 0 Å². The van der Waals surface area contributed by atoms with E-state index >= 15 is 4.39 Å². The van der Waals surface area contributed by atoms with Crippen LogP contribution in [0.3, 0.4) is 0 Å². The number of benzene rings is 2. The summed E-state index contributed by atoms with van der Waals surface area (Å²) in [5.74, 6) is -0.977. The Morgan fingerprint density at radius 2 is 1.68 bits per heavy atom. The number of alkyl halides is 1. The van der Waals surface area contributed by atoms with Gasteiger partial charge in [-0.3, -0.25) is 39.0 Å². The van der Waals surface area contributed by atoms with Crippen LogP contribution < -0.4 is 30.4 Å². The second-order valence-corrected chi connectivity index (χ2v) is 16.7. The largest absolute Gasteiger partial charge is 0.496 e. The zero-order chi connectivity index (χ0) is 42.8. The molecule has 0 bridgehead atoms. The molecule has 0 aliphatic carbocycles. The molecule has 2 N–H and O–H groups in total. The normalized spacial score (nSPS) is 19.5. The molecule has 2 aromatic carbocycles. The monoisotopic (exact) mass is 844 g/mol. The fourth-order valence-corrected chi connectivity index (χ4v) is 9.18. The number of nitrogens with one attached hydrogen (secondary N) is 2. The highest BCUT2D eigenvalue weighted by Crippen LogP contribution is 2.40. The van der Waals surface area contributed by atoms with E-state index in [9.17, 15) is 28.8 Å². The van der Waals surface area contributed by atoms with Crippen LogP contribution in [0.1, 0.15) is 74.5 Å². The number of pyridine rings is 1. The summed E-state index contributed by atoms with van der Waals surface area (Å²) in [6, 6.07) is 8.33. The Labute approximate surface area is 350 Å². The highest BCUT2D eigenvalue weighted by molar-refractivity contribution is 7.21. The van der Waals surface area contributed by atoms with Crippen LogP contribution in [0.4, 0.5) is 4.39 Å². The summed E-state index contributed by atoms with van der Waals surface area (Å²) in [4.78, 5) is 82.0. The lowest BCUT2D eigenvalue weighted by atomic mass is 10.0. The number of imide groups is 2. The lowest BCUT2D eigenvalue weighted by molar-refractivity contribution is -0.136. The lowest BCUT2D eigenvalue weighted by Crippen LogP contribution is -2.54. The zero-order valence-electron chi connectivity index (χ0n) is 34.3. The third-order valence-corrected chi connectivity index (χ3v) is 12.4. The number of halogens is 1. The third kappa shape index (κ3) is 8.65. The Morgan fingerprint density at radius 3 is 2.37 bits per heavy atom. The molecule has 3 unspecified atom stereocenters. The van der Waals surface area contributed by atoms with Gasteiger partial charge in [-0.15, -0.1) is 11.3 Å². The fraction of sp³-hybridized carbons (Fsp3) is 0.442. The number of aromatic nitrogens is 1.